The van der Waals surface area contributed by atoms with Gasteiger partial charge in [-0.05, 0) is 31.0 Å². The molecule has 0 amide bonds. The maximum atomic E-state index is 8.75. The maximum Gasteiger partial charge on any atom is 0.140 e. The Bertz CT molecular complexity index is 384. The average molecular weight is 246 g/mol. The van der Waals surface area contributed by atoms with Crippen LogP contribution in [0.25, 0.3) is 0 Å². The van der Waals surface area contributed by atoms with E-state index in [1.165, 1.54) is 25.7 Å². The molecule has 0 fully saturated rings. The quantitative estimate of drug-likeness (QED) is 0.655. The van der Waals surface area contributed by atoms with Gasteiger partial charge in [0.2, 0.25) is 0 Å². The van der Waals surface area contributed by atoms with Crippen LogP contribution in [0, 0.1) is 11.3 Å². The molecule has 0 aromatic carbocycles. The highest BCUT2D eigenvalue weighted by atomic mass is 16.5. The molecule has 1 aromatic rings. The molecule has 0 spiro atoms. The molecule has 98 valence electrons. The van der Waals surface area contributed by atoms with E-state index in [9.17, 15) is 0 Å². The second-order valence-corrected chi connectivity index (χ2v) is 4.63. The standard InChI is InChI=1S/C15H22N2O/c1-3-4-5-6-7-13(2)18-12-14-8-9-17-15(10-14)11-16/h8-10,13H,3-7,12H2,1-2H3. The van der Waals surface area contributed by atoms with Gasteiger partial charge in [0.15, 0.2) is 0 Å². The molecule has 1 heterocycles. The summed E-state index contributed by atoms with van der Waals surface area (Å²) in [5.74, 6) is 0. The molecule has 3 nitrogen and oxygen atoms in total. The molecular weight excluding hydrogens is 224 g/mol. The third-order valence-electron chi connectivity index (χ3n) is 2.94. The Balaban J connectivity index is 2.25. The summed E-state index contributed by atoms with van der Waals surface area (Å²) in [7, 11) is 0. The Morgan fingerprint density at radius 3 is 2.94 bits per heavy atom. The van der Waals surface area contributed by atoms with E-state index in [4.69, 9.17) is 10.00 Å². The number of ether oxygens (including phenoxy) is 1. The number of rotatable bonds is 8. The van der Waals surface area contributed by atoms with Crippen LogP contribution in [0.2, 0.25) is 0 Å². The minimum absolute atomic E-state index is 0.278. The van der Waals surface area contributed by atoms with Crippen molar-refractivity contribution < 1.29 is 4.74 Å². The maximum absolute atomic E-state index is 8.75. The fraction of sp³-hybridized carbons (Fsp3) is 0.600. The van der Waals surface area contributed by atoms with Gasteiger partial charge in [0.1, 0.15) is 11.8 Å². The zero-order valence-electron chi connectivity index (χ0n) is 11.4. The van der Waals surface area contributed by atoms with Crippen molar-refractivity contribution in [2.75, 3.05) is 0 Å². The van der Waals surface area contributed by atoms with E-state index in [1.54, 1.807) is 12.3 Å². The van der Waals surface area contributed by atoms with Gasteiger partial charge in [0.05, 0.1) is 12.7 Å². The summed E-state index contributed by atoms with van der Waals surface area (Å²) in [5.41, 5.74) is 1.47. The van der Waals surface area contributed by atoms with E-state index in [0.29, 0.717) is 12.3 Å². The highest BCUT2D eigenvalue weighted by molar-refractivity contribution is 5.24. The van der Waals surface area contributed by atoms with Crippen LogP contribution in [0.3, 0.4) is 0 Å². The van der Waals surface area contributed by atoms with Crippen LogP contribution in [-0.2, 0) is 11.3 Å². The van der Waals surface area contributed by atoms with E-state index >= 15 is 0 Å². The highest BCUT2D eigenvalue weighted by Gasteiger charge is 2.03. The van der Waals surface area contributed by atoms with Crippen LogP contribution in [0.5, 0.6) is 0 Å². The second-order valence-electron chi connectivity index (χ2n) is 4.63. The average Bonchev–Trinajstić information content (AvgIpc) is 2.41. The van der Waals surface area contributed by atoms with Crippen LogP contribution < -0.4 is 0 Å². The fourth-order valence-electron chi connectivity index (χ4n) is 1.81. The van der Waals surface area contributed by atoms with Gasteiger partial charge in [-0.25, -0.2) is 4.98 Å². The Morgan fingerprint density at radius 1 is 1.39 bits per heavy atom. The number of hydrogen-bond acceptors (Lipinski definition) is 3. The molecule has 1 unspecified atom stereocenters. The molecular formula is C15H22N2O. The van der Waals surface area contributed by atoms with Crippen molar-refractivity contribution >= 4 is 0 Å². The fourth-order valence-corrected chi connectivity index (χ4v) is 1.81. The lowest BCUT2D eigenvalue weighted by Gasteiger charge is -2.12. The van der Waals surface area contributed by atoms with Crippen LogP contribution in [-0.4, -0.2) is 11.1 Å². The van der Waals surface area contributed by atoms with E-state index in [1.807, 2.05) is 12.1 Å². The van der Waals surface area contributed by atoms with Crippen molar-refractivity contribution in [3.05, 3.63) is 29.6 Å². The monoisotopic (exact) mass is 246 g/mol. The van der Waals surface area contributed by atoms with Crippen LogP contribution in [0.15, 0.2) is 18.3 Å². The number of unbranched alkanes of at least 4 members (excludes halogenated alkanes) is 3. The molecule has 1 aromatic heterocycles. The van der Waals surface area contributed by atoms with Crippen molar-refractivity contribution in [2.24, 2.45) is 0 Å². The van der Waals surface area contributed by atoms with Gasteiger partial charge in [-0.15, -0.1) is 0 Å². The summed E-state index contributed by atoms with van der Waals surface area (Å²) >= 11 is 0. The number of nitrogens with zero attached hydrogens (tertiary/aromatic N) is 2. The molecule has 0 bridgehead atoms. The molecule has 0 radical (unpaired) electrons. The highest BCUT2D eigenvalue weighted by Crippen LogP contribution is 2.10. The first-order chi connectivity index (χ1) is 8.76. The van der Waals surface area contributed by atoms with E-state index < -0.39 is 0 Å². The molecule has 0 aliphatic heterocycles. The topological polar surface area (TPSA) is 45.9 Å². The van der Waals surface area contributed by atoms with Crippen molar-refractivity contribution in [3.8, 4) is 6.07 Å². The summed E-state index contributed by atoms with van der Waals surface area (Å²) < 4.78 is 5.77. The summed E-state index contributed by atoms with van der Waals surface area (Å²) in [6, 6.07) is 5.71. The second kappa shape index (κ2) is 8.66. The molecule has 0 saturated carbocycles. The van der Waals surface area contributed by atoms with Gasteiger partial charge in [0.25, 0.3) is 0 Å². The Hall–Kier alpha value is -1.40. The predicted octanol–water partition coefficient (Wildman–Crippen LogP) is 3.83. The van der Waals surface area contributed by atoms with Gasteiger partial charge in [0, 0.05) is 6.20 Å². The van der Waals surface area contributed by atoms with E-state index in [0.717, 1.165) is 12.0 Å². The Kier molecular flexibility index (Phi) is 7.05. The summed E-state index contributed by atoms with van der Waals surface area (Å²) in [6.07, 6.45) is 8.14. The van der Waals surface area contributed by atoms with Gasteiger partial charge in [-0.2, -0.15) is 5.26 Å². The third-order valence-corrected chi connectivity index (χ3v) is 2.94. The summed E-state index contributed by atoms with van der Waals surface area (Å²) in [5, 5.41) is 8.75. The largest absolute Gasteiger partial charge is 0.374 e. The Morgan fingerprint density at radius 2 is 2.22 bits per heavy atom. The Labute approximate surface area is 110 Å². The molecule has 1 atom stereocenters. The normalized spacial score (nSPS) is 12.1. The smallest absolute Gasteiger partial charge is 0.140 e. The summed E-state index contributed by atoms with van der Waals surface area (Å²) in [4.78, 5) is 3.94. The third kappa shape index (κ3) is 5.79. The first kappa shape index (κ1) is 14.7. The van der Waals surface area contributed by atoms with Crippen LogP contribution in [0.1, 0.15) is 57.2 Å². The zero-order chi connectivity index (χ0) is 13.2. The SMILES string of the molecule is CCCCCCC(C)OCc1ccnc(C#N)c1. The number of hydrogen-bond donors (Lipinski definition) is 0. The number of nitriles is 1. The molecule has 0 saturated heterocycles. The number of aromatic nitrogens is 1. The molecule has 18 heavy (non-hydrogen) atoms. The van der Waals surface area contributed by atoms with Crippen molar-refractivity contribution in [3.63, 3.8) is 0 Å². The minimum Gasteiger partial charge on any atom is -0.374 e. The van der Waals surface area contributed by atoms with Crippen LogP contribution >= 0.6 is 0 Å². The molecule has 0 aliphatic rings. The zero-order valence-corrected chi connectivity index (χ0v) is 11.4. The van der Waals surface area contributed by atoms with Crippen molar-refractivity contribution in [1.82, 2.24) is 4.98 Å². The van der Waals surface area contributed by atoms with Crippen LogP contribution in [0.4, 0.5) is 0 Å². The van der Waals surface area contributed by atoms with E-state index in [2.05, 4.69) is 18.8 Å². The van der Waals surface area contributed by atoms with Crippen molar-refractivity contribution in [1.29, 1.82) is 5.26 Å². The number of pyridine rings is 1. The molecule has 3 heteroatoms. The van der Waals surface area contributed by atoms with Gasteiger partial charge >= 0.3 is 0 Å². The lowest BCUT2D eigenvalue weighted by atomic mass is 10.1. The van der Waals surface area contributed by atoms with Crippen molar-refractivity contribution in [2.45, 2.75) is 58.7 Å². The lowest BCUT2D eigenvalue weighted by molar-refractivity contribution is 0.0458. The van der Waals surface area contributed by atoms with E-state index in [-0.39, 0.29) is 6.10 Å². The first-order valence-electron chi connectivity index (χ1n) is 6.73. The molecule has 1 rings (SSSR count). The molecule has 0 N–H and O–H groups in total. The van der Waals surface area contributed by atoms with Gasteiger partial charge < -0.3 is 4.74 Å². The molecule has 0 aliphatic carbocycles. The lowest BCUT2D eigenvalue weighted by Crippen LogP contribution is -2.08. The summed E-state index contributed by atoms with van der Waals surface area (Å²) in [6.45, 7) is 4.89. The predicted molar refractivity (Wildman–Crippen MR) is 72.0 cm³/mol. The first-order valence-corrected chi connectivity index (χ1v) is 6.73. The van der Waals surface area contributed by atoms with Gasteiger partial charge in [-0.3, -0.25) is 0 Å². The van der Waals surface area contributed by atoms with Gasteiger partial charge in [-0.1, -0.05) is 32.6 Å². The minimum atomic E-state index is 0.278.